The van der Waals surface area contributed by atoms with Gasteiger partial charge in [-0.1, -0.05) is 11.6 Å². The number of fused-ring (bicyclic) bond motifs is 1. The number of nitrogens with zero attached hydrogens (tertiary/aromatic N) is 1. The van der Waals surface area contributed by atoms with Crippen LogP contribution in [-0.2, 0) is 0 Å². The topological polar surface area (TPSA) is 69.7 Å². The Kier molecular flexibility index (Phi) is 4.96. The van der Waals surface area contributed by atoms with E-state index in [4.69, 9.17) is 25.8 Å². The molecule has 0 saturated heterocycles. The molecule has 0 aliphatic heterocycles. The monoisotopic (exact) mass is 378 g/mol. The van der Waals surface area contributed by atoms with Crippen molar-refractivity contribution < 1.29 is 19.0 Å². The zero-order chi connectivity index (χ0) is 18.0. The van der Waals surface area contributed by atoms with E-state index in [1.165, 1.54) is 32.7 Å². The van der Waals surface area contributed by atoms with Crippen molar-refractivity contribution in [3.63, 3.8) is 0 Å². The summed E-state index contributed by atoms with van der Waals surface area (Å²) in [5.74, 6) is 1.03. The van der Waals surface area contributed by atoms with E-state index in [2.05, 4.69) is 10.3 Å². The summed E-state index contributed by atoms with van der Waals surface area (Å²) >= 11 is 7.25. The highest BCUT2D eigenvalue weighted by atomic mass is 35.5. The van der Waals surface area contributed by atoms with Gasteiger partial charge in [0.05, 0.1) is 31.5 Å². The average Bonchev–Trinajstić information content (AvgIpc) is 3.04. The van der Waals surface area contributed by atoms with E-state index in [0.717, 1.165) is 4.70 Å². The van der Waals surface area contributed by atoms with Crippen LogP contribution in [0.4, 0.5) is 5.69 Å². The molecular formula is C17H15ClN2O4S. The number of amides is 1. The second-order valence-corrected chi connectivity index (χ2v) is 6.47. The molecule has 3 aromatic rings. The maximum absolute atomic E-state index is 12.5. The van der Waals surface area contributed by atoms with Crippen molar-refractivity contribution in [2.24, 2.45) is 0 Å². The van der Waals surface area contributed by atoms with Crippen LogP contribution in [0.5, 0.6) is 17.2 Å². The molecule has 0 radical (unpaired) electrons. The van der Waals surface area contributed by atoms with Crippen molar-refractivity contribution in [3.8, 4) is 17.2 Å². The van der Waals surface area contributed by atoms with Crippen LogP contribution < -0.4 is 19.5 Å². The number of rotatable bonds is 5. The average molecular weight is 379 g/mol. The van der Waals surface area contributed by atoms with Gasteiger partial charge in [0.25, 0.3) is 5.91 Å². The standard InChI is InChI=1S/C17H15ClN2O4S/c1-22-12-7-10(8-13(23-2)15(12)24-3)19-16(21)17-20-11-6-9(18)4-5-14(11)25-17/h4-8H,1-3H3,(H,19,21). The first-order valence-electron chi connectivity index (χ1n) is 7.23. The third kappa shape index (κ3) is 3.47. The molecule has 0 spiro atoms. The summed E-state index contributed by atoms with van der Waals surface area (Å²) < 4.78 is 16.7. The number of halogens is 1. The zero-order valence-electron chi connectivity index (χ0n) is 13.8. The number of hydrogen-bond donors (Lipinski definition) is 1. The molecule has 1 N–H and O–H groups in total. The van der Waals surface area contributed by atoms with E-state index in [1.807, 2.05) is 6.07 Å². The fourth-order valence-corrected chi connectivity index (χ4v) is 3.34. The number of nitrogens with one attached hydrogen (secondary N) is 1. The molecule has 1 aromatic heterocycles. The highest BCUT2D eigenvalue weighted by Gasteiger charge is 2.17. The fraction of sp³-hybridized carbons (Fsp3) is 0.176. The largest absolute Gasteiger partial charge is 0.493 e. The lowest BCUT2D eigenvalue weighted by molar-refractivity contribution is 0.102. The SMILES string of the molecule is COc1cc(NC(=O)c2nc3cc(Cl)ccc3s2)cc(OC)c1OC. The van der Waals surface area contributed by atoms with Gasteiger partial charge in [0.1, 0.15) is 0 Å². The predicted molar refractivity (Wildman–Crippen MR) is 98.7 cm³/mol. The summed E-state index contributed by atoms with van der Waals surface area (Å²) in [6.07, 6.45) is 0. The van der Waals surface area contributed by atoms with Gasteiger partial charge in [-0.05, 0) is 18.2 Å². The number of carbonyl (C=O) groups is 1. The van der Waals surface area contributed by atoms with Gasteiger partial charge in [-0.3, -0.25) is 4.79 Å². The second kappa shape index (κ2) is 7.16. The Morgan fingerprint density at radius 2 is 1.76 bits per heavy atom. The molecule has 25 heavy (non-hydrogen) atoms. The molecule has 0 unspecified atom stereocenters. The van der Waals surface area contributed by atoms with E-state index in [9.17, 15) is 4.79 Å². The van der Waals surface area contributed by atoms with E-state index in [0.29, 0.717) is 38.5 Å². The third-order valence-electron chi connectivity index (χ3n) is 3.47. The van der Waals surface area contributed by atoms with Crippen LogP contribution in [0.1, 0.15) is 9.80 Å². The number of aromatic nitrogens is 1. The van der Waals surface area contributed by atoms with Gasteiger partial charge in [-0.2, -0.15) is 0 Å². The minimum atomic E-state index is -0.327. The Bertz CT molecular complexity index is 917. The predicted octanol–water partition coefficient (Wildman–Crippen LogP) is 4.23. The highest BCUT2D eigenvalue weighted by Crippen LogP contribution is 2.40. The molecule has 1 heterocycles. The summed E-state index contributed by atoms with van der Waals surface area (Å²) in [5.41, 5.74) is 1.20. The van der Waals surface area contributed by atoms with Gasteiger partial charge in [-0.25, -0.2) is 4.98 Å². The number of ether oxygens (including phenoxy) is 3. The maximum atomic E-state index is 12.5. The second-order valence-electron chi connectivity index (χ2n) is 5.00. The number of thiazole rings is 1. The molecule has 6 nitrogen and oxygen atoms in total. The van der Waals surface area contributed by atoms with Gasteiger partial charge in [0, 0.05) is 22.8 Å². The summed E-state index contributed by atoms with van der Waals surface area (Å²) in [5, 5.41) is 3.71. The van der Waals surface area contributed by atoms with Gasteiger partial charge in [0.2, 0.25) is 5.75 Å². The first-order valence-corrected chi connectivity index (χ1v) is 8.42. The molecule has 0 saturated carbocycles. The van der Waals surface area contributed by atoms with Crippen LogP contribution in [0.3, 0.4) is 0 Å². The molecule has 8 heteroatoms. The quantitative estimate of drug-likeness (QED) is 0.719. The van der Waals surface area contributed by atoms with Crippen molar-refractivity contribution in [3.05, 3.63) is 40.4 Å². The number of hydrogen-bond acceptors (Lipinski definition) is 6. The Morgan fingerprint density at radius 3 is 2.36 bits per heavy atom. The van der Waals surface area contributed by atoms with Gasteiger partial charge < -0.3 is 19.5 Å². The van der Waals surface area contributed by atoms with Gasteiger partial charge >= 0.3 is 0 Å². The molecule has 0 bridgehead atoms. The molecule has 130 valence electrons. The summed E-state index contributed by atoms with van der Waals surface area (Å²) in [6, 6.07) is 8.64. The zero-order valence-corrected chi connectivity index (χ0v) is 15.3. The van der Waals surface area contributed by atoms with Crippen LogP contribution >= 0.6 is 22.9 Å². The molecule has 0 fully saturated rings. The molecule has 0 aliphatic rings. The number of carbonyl (C=O) groups excluding carboxylic acids is 1. The van der Waals surface area contributed by atoms with Crippen LogP contribution in [0, 0.1) is 0 Å². The van der Waals surface area contributed by atoms with Crippen molar-refractivity contribution in [2.75, 3.05) is 26.6 Å². The van der Waals surface area contributed by atoms with Crippen LogP contribution in [-0.4, -0.2) is 32.2 Å². The lowest BCUT2D eigenvalue weighted by atomic mass is 10.2. The van der Waals surface area contributed by atoms with Crippen molar-refractivity contribution >= 4 is 44.7 Å². The van der Waals surface area contributed by atoms with E-state index in [1.54, 1.807) is 24.3 Å². The summed E-state index contributed by atoms with van der Waals surface area (Å²) in [4.78, 5) is 16.8. The molecular weight excluding hydrogens is 364 g/mol. The van der Waals surface area contributed by atoms with Crippen molar-refractivity contribution in [1.29, 1.82) is 0 Å². The van der Waals surface area contributed by atoms with E-state index in [-0.39, 0.29) is 5.91 Å². The van der Waals surface area contributed by atoms with Crippen molar-refractivity contribution in [1.82, 2.24) is 4.98 Å². The molecule has 0 atom stereocenters. The Morgan fingerprint density at radius 1 is 1.08 bits per heavy atom. The maximum Gasteiger partial charge on any atom is 0.284 e. The normalized spacial score (nSPS) is 10.6. The molecule has 3 rings (SSSR count). The lowest BCUT2D eigenvalue weighted by Crippen LogP contribution is -2.11. The minimum Gasteiger partial charge on any atom is -0.493 e. The molecule has 0 aliphatic carbocycles. The fourth-order valence-electron chi connectivity index (χ4n) is 2.34. The minimum absolute atomic E-state index is 0.327. The molecule has 2 aromatic carbocycles. The third-order valence-corrected chi connectivity index (χ3v) is 4.74. The Balaban J connectivity index is 1.91. The number of anilines is 1. The Hall–Kier alpha value is -2.51. The number of benzene rings is 2. The summed E-state index contributed by atoms with van der Waals surface area (Å²) in [6.45, 7) is 0. The van der Waals surface area contributed by atoms with Crippen LogP contribution in [0.2, 0.25) is 5.02 Å². The smallest absolute Gasteiger partial charge is 0.284 e. The number of methoxy groups -OCH3 is 3. The first-order chi connectivity index (χ1) is 12.0. The summed E-state index contributed by atoms with van der Waals surface area (Å²) in [7, 11) is 4.55. The van der Waals surface area contributed by atoms with E-state index >= 15 is 0 Å². The van der Waals surface area contributed by atoms with Crippen LogP contribution in [0.15, 0.2) is 30.3 Å². The highest BCUT2D eigenvalue weighted by molar-refractivity contribution is 7.20. The lowest BCUT2D eigenvalue weighted by Gasteiger charge is -2.14. The molecule has 1 amide bonds. The first kappa shape index (κ1) is 17.3. The van der Waals surface area contributed by atoms with Crippen molar-refractivity contribution in [2.45, 2.75) is 0 Å². The Labute approximate surface area is 153 Å². The van der Waals surface area contributed by atoms with Gasteiger partial charge in [0.15, 0.2) is 16.5 Å². The van der Waals surface area contributed by atoms with Gasteiger partial charge in [-0.15, -0.1) is 11.3 Å². The van der Waals surface area contributed by atoms with Crippen LogP contribution in [0.25, 0.3) is 10.2 Å². The van der Waals surface area contributed by atoms with E-state index < -0.39 is 0 Å².